The number of carboxylic acids is 1. The number of rotatable bonds is 8. The lowest BCUT2D eigenvalue weighted by atomic mass is 9.91. The summed E-state index contributed by atoms with van der Waals surface area (Å²) >= 11 is 0. The van der Waals surface area contributed by atoms with E-state index < -0.39 is 5.97 Å². The summed E-state index contributed by atoms with van der Waals surface area (Å²) in [7, 11) is 0. The van der Waals surface area contributed by atoms with Crippen molar-refractivity contribution in [2.75, 3.05) is 0 Å². The van der Waals surface area contributed by atoms with Gasteiger partial charge in [-0.15, -0.1) is 0 Å². The number of hydrogen-bond donors (Lipinski definition) is 1. The quantitative estimate of drug-likeness (QED) is 0.760. The van der Waals surface area contributed by atoms with Gasteiger partial charge in [-0.3, -0.25) is 0 Å². The van der Waals surface area contributed by atoms with Gasteiger partial charge >= 0.3 is 5.97 Å². The topological polar surface area (TPSA) is 37.3 Å². The van der Waals surface area contributed by atoms with Crippen LogP contribution >= 0.6 is 0 Å². The molecule has 1 N–H and O–H groups in total. The number of hydrogen-bond acceptors (Lipinski definition) is 1. The van der Waals surface area contributed by atoms with Crippen LogP contribution in [0.2, 0.25) is 0 Å². The van der Waals surface area contributed by atoms with E-state index >= 15 is 0 Å². The number of carbonyl (C=O) groups is 1. The third-order valence-corrected chi connectivity index (χ3v) is 4.05. The molecule has 1 unspecified atom stereocenters. The van der Waals surface area contributed by atoms with E-state index in [0.29, 0.717) is 11.5 Å². The van der Waals surface area contributed by atoms with Gasteiger partial charge < -0.3 is 5.11 Å². The Morgan fingerprint density at radius 1 is 1.05 bits per heavy atom. The van der Waals surface area contributed by atoms with Crippen LogP contribution in [0.1, 0.15) is 41.3 Å². The lowest BCUT2D eigenvalue weighted by Crippen LogP contribution is -2.05. The summed E-state index contributed by atoms with van der Waals surface area (Å²) in [6.45, 7) is 2.11. The van der Waals surface area contributed by atoms with Gasteiger partial charge in [0.15, 0.2) is 0 Å². The lowest BCUT2D eigenvalue weighted by molar-refractivity contribution is 0.0697. The normalized spacial score (nSPS) is 12.0. The second-order valence-electron chi connectivity index (χ2n) is 5.68. The molecule has 2 aromatic carbocycles. The molecule has 0 saturated heterocycles. The third kappa shape index (κ3) is 5.03. The number of benzene rings is 2. The van der Waals surface area contributed by atoms with Gasteiger partial charge in [0.05, 0.1) is 5.56 Å². The fourth-order valence-electron chi connectivity index (χ4n) is 2.69. The van der Waals surface area contributed by atoms with Crippen LogP contribution in [0, 0.1) is 12.3 Å². The number of carboxylic acid groups (broad SMARTS) is 1. The van der Waals surface area contributed by atoms with Crippen molar-refractivity contribution in [2.45, 2.75) is 32.6 Å². The zero-order valence-electron chi connectivity index (χ0n) is 13.0. The Hall–Kier alpha value is -2.09. The van der Waals surface area contributed by atoms with Crippen LogP contribution in [-0.2, 0) is 12.8 Å². The molecule has 22 heavy (non-hydrogen) atoms. The van der Waals surface area contributed by atoms with E-state index in [-0.39, 0.29) is 0 Å². The van der Waals surface area contributed by atoms with Gasteiger partial charge in [-0.05, 0) is 61.3 Å². The molecule has 2 rings (SSSR count). The summed E-state index contributed by atoms with van der Waals surface area (Å²) in [4.78, 5) is 10.9. The first-order valence-corrected chi connectivity index (χ1v) is 7.84. The van der Waals surface area contributed by atoms with Crippen LogP contribution in [-0.4, -0.2) is 11.1 Å². The van der Waals surface area contributed by atoms with Crippen LogP contribution < -0.4 is 0 Å². The first-order chi connectivity index (χ1) is 10.7. The van der Waals surface area contributed by atoms with Crippen LogP contribution in [0.15, 0.2) is 54.6 Å². The smallest absolute Gasteiger partial charge is 0.335 e. The van der Waals surface area contributed by atoms with Gasteiger partial charge in [0, 0.05) is 0 Å². The van der Waals surface area contributed by atoms with Crippen LogP contribution in [0.4, 0.5) is 0 Å². The van der Waals surface area contributed by atoms with Gasteiger partial charge in [0.1, 0.15) is 0 Å². The van der Waals surface area contributed by atoms with E-state index in [1.165, 1.54) is 17.5 Å². The van der Waals surface area contributed by atoms with E-state index in [1.54, 1.807) is 12.1 Å². The SMILES string of the molecule is C[CH]C(CCCc1ccccc1)Cc1ccc(C(=O)O)cc1. The van der Waals surface area contributed by atoms with Gasteiger partial charge in [-0.2, -0.15) is 0 Å². The van der Waals surface area contributed by atoms with Crippen molar-refractivity contribution in [1.29, 1.82) is 0 Å². The molecule has 0 aliphatic carbocycles. The standard InChI is InChI=1S/C20H23O2/c1-2-16(9-6-10-17-7-4-3-5-8-17)15-18-11-13-19(14-12-18)20(21)22/h2-5,7-8,11-14,16H,6,9-10,15H2,1H3,(H,21,22). The summed E-state index contributed by atoms with van der Waals surface area (Å²) in [6, 6.07) is 17.8. The molecule has 0 aliphatic heterocycles. The highest BCUT2D eigenvalue weighted by Gasteiger charge is 2.09. The van der Waals surface area contributed by atoms with E-state index in [0.717, 1.165) is 19.3 Å². The number of aromatic carboxylic acids is 1. The maximum atomic E-state index is 10.9. The summed E-state index contributed by atoms with van der Waals surface area (Å²) in [6.07, 6.45) is 6.68. The van der Waals surface area contributed by atoms with E-state index in [2.05, 4.69) is 37.6 Å². The molecule has 0 aliphatic rings. The van der Waals surface area contributed by atoms with E-state index in [1.807, 2.05) is 18.2 Å². The molecule has 0 amide bonds. The zero-order chi connectivity index (χ0) is 15.8. The molecule has 115 valence electrons. The molecule has 1 atom stereocenters. The minimum atomic E-state index is -0.868. The molecule has 1 radical (unpaired) electrons. The summed E-state index contributed by atoms with van der Waals surface area (Å²) in [5.41, 5.74) is 2.95. The van der Waals surface area contributed by atoms with Crippen molar-refractivity contribution in [2.24, 2.45) is 5.92 Å². The Kier molecular flexibility index (Phi) is 6.20. The van der Waals surface area contributed by atoms with Crippen molar-refractivity contribution in [1.82, 2.24) is 0 Å². The largest absolute Gasteiger partial charge is 0.478 e. The average molecular weight is 295 g/mol. The second-order valence-corrected chi connectivity index (χ2v) is 5.68. The molecule has 0 fully saturated rings. The van der Waals surface area contributed by atoms with Crippen LogP contribution in [0.5, 0.6) is 0 Å². The first kappa shape index (κ1) is 16.3. The van der Waals surface area contributed by atoms with Crippen molar-refractivity contribution < 1.29 is 9.90 Å². The lowest BCUT2D eigenvalue weighted by Gasteiger charge is -2.14. The maximum absolute atomic E-state index is 10.9. The van der Waals surface area contributed by atoms with Crippen molar-refractivity contribution in [3.63, 3.8) is 0 Å². The van der Waals surface area contributed by atoms with E-state index in [9.17, 15) is 4.79 Å². The summed E-state index contributed by atoms with van der Waals surface area (Å²) in [5.74, 6) is -0.326. The predicted molar refractivity (Wildman–Crippen MR) is 89.9 cm³/mol. The fourth-order valence-corrected chi connectivity index (χ4v) is 2.69. The molecule has 0 saturated carbocycles. The molecule has 0 heterocycles. The Morgan fingerprint density at radius 2 is 1.73 bits per heavy atom. The van der Waals surface area contributed by atoms with Crippen molar-refractivity contribution in [3.05, 3.63) is 77.7 Å². The Balaban J connectivity index is 1.82. The number of aryl methyl sites for hydroxylation is 1. The van der Waals surface area contributed by atoms with Crippen LogP contribution in [0.3, 0.4) is 0 Å². The highest BCUT2D eigenvalue weighted by Crippen LogP contribution is 2.19. The minimum absolute atomic E-state index is 0.352. The van der Waals surface area contributed by atoms with Crippen molar-refractivity contribution >= 4 is 5.97 Å². The average Bonchev–Trinajstić information content (AvgIpc) is 2.55. The Bertz CT molecular complexity index is 572. The summed E-state index contributed by atoms with van der Waals surface area (Å²) in [5, 5.41) is 8.92. The zero-order valence-corrected chi connectivity index (χ0v) is 13.0. The van der Waals surface area contributed by atoms with Crippen molar-refractivity contribution in [3.8, 4) is 0 Å². The molecule has 2 aromatic rings. The predicted octanol–water partition coefficient (Wildman–Crippen LogP) is 4.79. The monoisotopic (exact) mass is 295 g/mol. The highest BCUT2D eigenvalue weighted by molar-refractivity contribution is 5.87. The van der Waals surface area contributed by atoms with Gasteiger partial charge in [-0.1, -0.05) is 49.4 Å². The molecule has 0 aromatic heterocycles. The van der Waals surface area contributed by atoms with E-state index in [4.69, 9.17) is 5.11 Å². The molecule has 0 bridgehead atoms. The first-order valence-electron chi connectivity index (χ1n) is 7.84. The second kappa shape index (κ2) is 8.38. The fraction of sp³-hybridized carbons (Fsp3) is 0.300. The summed E-state index contributed by atoms with van der Waals surface area (Å²) < 4.78 is 0. The Labute approximate surface area is 132 Å². The van der Waals surface area contributed by atoms with Gasteiger partial charge in [-0.25, -0.2) is 4.79 Å². The molecule has 0 spiro atoms. The van der Waals surface area contributed by atoms with Crippen LogP contribution in [0.25, 0.3) is 0 Å². The Morgan fingerprint density at radius 3 is 2.32 bits per heavy atom. The molecule has 2 nitrogen and oxygen atoms in total. The highest BCUT2D eigenvalue weighted by atomic mass is 16.4. The molecular formula is C20H23O2. The minimum Gasteiger partial charge on any atom is -0.478 e. The molecule has 2 heteroatoms. The maximum Gasteiger partial charge on any atom is 0.335 e. The van der Waals surface area contributed by atoms with Gasteiger partial charge in [0.2, 0.25) is 0 Å². The van der Waals surface area contributed by atoms with Gasteiger partial charge in [0.25, 0.3) is 0 Å². The third-order valence-electron chi connectivity index (χ3n) is 4.05. The molecular weight excluding hydrogens is 272 g/mol.